The smallest absolute Gasteiger partial charge is 0.0159 e. The maximum absolute atomic E-state index is 4.19. The summed E-state index contributed by atoms with van der Waals surface area (Å²) in [4.78, 5) is 0. The molecule has 3 heteroatoms. The molecule has 1 unspecified atom stereocenters. The Labute approximate surface area is 83.1 Å². The summed E-state index contributed by atoms with van der Waals surface area (Å²) in [7, 11) is 4.15. The van der Waals surface area contributed by atoms with Gasteiger partial charge in [0.25, 0.3) is 0 Å². The molecule has 0 radical (unpaired) electrons. The van der Waals surface area contributed by atoms with Gasteiger partial charge in [-0.3, -0.25) is 0 Å². The summed E-state index contributed by atoms with van der Waals surface area (Å²) < 4.78 is 0. The molecule has 1 heterocycles. The van der Waals surface area contributed by atoms with Crippen LogP contribution >= 0.6 is 34.2 Å². The van der Waals surface area contributed by atoms with Gasteiger partial charge in [-0.05, 0) is 25.0 Å². The molecular formula is C8H16S3. The zero-order valence-corrected chi connectivity index (χ0v) is 9.32. The minimum atomic E-state index is 0.972. The van der Waals surface area contributed by atoms with Crippen LogP contribution in [0.25, 0.3) is 0 Å². The zero-order chi connectivity index (χ0) is 7.94. The third-order valence-corrected chi connectivity index (χ3v) is 5.23. The Morgan fingerprint density at radius 3 is 2.82 bits per heavy atom. The lowest BCUT2D eigenvalue weighted by molar-refractivity contribution is 0.645. The van der Waals surface area contributed by atoms with E-state index < -0.39 is 0 Å². The van der Waals surface area contributed by atoms with Crippen molar-refractivity contribution in [3.05, 3.63) is 0 Å². The van der Waals surface area contributed by atoms with Gasteiger partial charge in [0.05, 0.1) is 0 Å². The lowest BCUT2D eigenvalue weighted by Crippen LogP contribution is -1.96. The zero-order valence-electron chi connectivity index (χ0n) is 6.79. The molecule has 66 valence electrons. The molecule has 1 saturated heterocycles. The highest BCUT2D eigenvalue weighted by Gasteiger charge is 2.15. The Bertz CT molecular complexity index is 89.3. The van der Waals surface area contributed by atoms with Gasteiger partial charge in [-0.25, -0.2) is 0 Å². The lowest BCUT2D eigenvalue weighted by Gasteiger charge is -2.05. The molecule has 1 rings (SSSR count). The van der Waals surface area contributed by atoms with Crippen molar-refractivity contribution in [2.75, 3.05) is 11.5 Å². The summed E-state index contributed by atoms with van der Waals surface area (Å²) in [6.07, 6.45) is 6.97. The summed E-state index contributed by atoms with van der Waals surface area (Å²) in [5.41, 5.74) is 0. The van der Waals surface area contributed by atoms with Gasteiger partial charge in [0.2, 0.25) is 0 Å². The lowest BCUT2D eigenvalue weighted by atomic mass is 10.1. The van der Waals surface area contributed by atoms with Gasteiger partial charge in [-0.1, -0.05) is 34.4 Å². The Morgan fingerprint density at radius 2 is 2.18 bits per heavy atom. The van der Waals surface area contributed by atoms with Crippen LogP contribution in [-0.4, -0.2) is 16.8 Å². The van der Waals surface area contributed by atoms with E-state index in [1.54, 1.807) is 0 Å². The highest BCUT2D eigenvalue weighted by atomic mass is 33.1. The number of hydrogen-bond donors (Lipinski definition) is 1. The molecule has 1 aliphatic heterocycles. The van der Waals surface area contributed by atoms with Crippen molar-refractivity contribution in [3.63, 3.8) is 0 Å². The maximum atomic E-state index is 4.19. The van der Waals surface area contributed by atoms with Gasteiger partial charge in [0, 0.05) is 11.0 Å². The predicted molar refractivity (Wildman–Crippen MR) is 60.8 cm³/mol. The van der Waals surface area contributed by atoms with Crippen molar-refractivity contribution in [1.29, 1.82) is 0 Å². The van der Waals surface area contributed by atoms with Gasteiger partial charge in [0.1, 0.15) is 0 Å². The van der Waals surface area contributed by atoms with Crippen LogP contribution in [0, 0.1) is 0 Å². The summed E-state index contributed by atoms with van der Waals surface area (Å²) in [6, 6.07) is 0. The van der Waals surface area contributed by atoms with Gasteiger partial charge in [0.15, 0.2) is 0 Å². The molecule has 1 aliphatic rings. The summed E-state index contributed by atoms with van der Waals surface area (Å²) in [5.74, 6) is 2.44. The monoisotopic (exact) mass is 208 g/mol. The van der Waals surface area contributed by atoms with Crippen LogP contribution in [0.4, 0.5) is 0 Å². The molecule has 1 fully saturated rings. The quantitative estimate of drug-likeness (QED) is 0.416. The molecule has 0 N–H and O–H groups in total. The SMILES string of the molecule is SCCCCCC1CCSS1. The van der Waals surface area contributed by atoms with Crippen molar-refractivity contribution >= 4 is 34.2 Å². The molecule has 0 aromatic heterocycles. The van der Waals surface area contributed by atoms with E-state index in [4.69, 9.17) is 0 Å². The molecule has 1 atom stereocenters. The van der Waals surface area contributed by atoms with E-state index in [0.29, 0.717) is 0 Å². The molecule has 0 amide bonds. The molecule has 0 aromatic carbocycles. The van der Waals surface area contributed by atoms with Gasteiger partial charge >= 0.3 is 0 Å². The van der Waals surface area contributed by atoms with Crippen LogP contribution in [0.2, 0.25) is 0 Å². The fourth-order valence-corrected chi connectivity index (χ4v) is 4.48. The highest BCUT2D eigenvalue weighted by molar-refractivity contribution is 8.77. The van der Waals surface area contributed by atoms with Crippen LogP contribution in [0.15, 0.2) is 0 Å². The van der Waals surface area contributed by atoms with Crippen molar-refractivity contribution < 1.29 is 0 Å². The molecule has 0 aliphatic carbocycles. The van der Waals surface area contributed by atoms with Crippen molar-refractivity contribution in [2.24, 2.45) is 0 Å². The number of hydrogen-bond acceptors (Lipinski definition) is 3. The Hall–Kier alpha value is 1.05. The van der Waals surface area contributed by atoms with Crippen molar-refractivity contribution in [3.8, 4) is 0 Å². The third-order valence-electron chi connectivity index (χ3n) is 1.91. The Balaban J connectivity index is 1.86. The Morgan fingerprint density at radius 1 is 1.27 bits per heavy atom. The van der Waals surface area contributed by atoms with E-state index in [1.165, 1.54) is 37.9 Å². The van der Waals surface area contributed by atoms with Crippen molar-refractivity contribution in [1.82, 2.24) is 0 Å². The topological polar surface area (TPSA) is 0 Å². The normalized spacial score (nSPS) is 24.3. The summed E-state index contributed by atoms with van der Waals surface area (Å²) in [6.45, 7) is 0. The third kappa shape index (κ3) is 4.58. The first kappa shape index (κ1) is 10.1. The van der Waals surface area contributed by atoms with Crippen LogP contribution in [-0.2, 0) is 0 Å². The second-order valence-corrected chi connectivity index (χ2v) is 6.14. The molecule has 0 spiro atoms. The fourth-order valence-electron chi connectivity index (χ4n) is 1.23. The Kier molecular flexibility index (Phi) is 6.04. The fraction of sp³-hybridized carbons (Fsp3) is 1.00. The standard InChI is InChI=1S/C8H16S3/c9-6-3-1-2-4-8-5-7-10-11-8/h8-9H,1-7H2. The van der Waals surface area contributed by atoms with Gasteiger partial charge in [-0.15, -0.1) is 0 Å². The highest BCUT2D eigenvalue weighted by Crippen LogP contribution is 2.39. The van der Waals surface area contributed by atoms with Crippen LogP contribution in [0.3, 0.4) is 0 Å². The summed E-state index contributed by atoms with van der Waals surface area (Å²) >= 11 is 4.19. The number of thiol groups is 1. The molecule has 0 saturated carbocycles. The second-order valence-electron chi connectivity index (χ2n) is 2.90. The van der Waals surface area contributed by atoms with Gasteiger partial charge < -0.3 is 0 Å². The minimum Gasteiger partial charge on any atom is -0.179 e. The van der Waals surface area contributed by atoms with Crippen LogP contribution in [0.5, 0.6) is 0 Å². The molecule has 11 heavy (non-hydrogen) atoms. The first-order chi connectivity index (χ1) is 5.43. The minimum absolute atomic E-state index is 0.972. The molecule has 0 nitrogen and oxygen atoms in total. The number of rotatable bonds is 5. The second kappa shape index (κ2) is 6.55. The molecular weight excluding hydrogens is 192 g/mol. The van der Waals surface area contributed by atoms with Crippen molar-refractivity contribution in [2.45, 2.75) is 37.4 Å². The van der Waals surface area contributed by atoms with E-state index in [-0.39, 0.29) is 0 Å². The predicted octanol–water partition coefficient (Wildman–Crippen LogP) is 3.63. The van der Waals surface area contributed by atoms with Crippen LogP contribution in [0.1, 0.15) is 32.1 Å². The average Bonchev–Trinajstić information content (AvgIpc) is 2.50. The van der Waals surface area contributed by atoms with E-state index in [9.17, 15) is 0 Å². The van der Waals surface area contributed by atoms with E-state index >= 15 is 0 Å². The molecule has 0 bridgehead atoms. The first-order valence-corrected chi connectivity index (χ1v) is 7.34. The van der Waals surface area contributed by atoms with E-state index in [1.807, 2.05) is 10.8 Å². The average molecular weight is 208 g/mol. The van der Waals surface area contributed by atoms with Crippen LogP contribution < -0.4 is 0 Å². The largest absolute Gasteiger partial charge is 0.179 e. The number of unbranched alkanes of at least 4 members (excludes halogenated alkanes) is 2. The van der Waals surface area contributed by atoms with Gasteiger partial charge in [-0.2, -0.15) is 12.6 Å². The first-order valence-electron chi connectivity index (χ1n) is 4.32. The maximum Gasteiger partial charge on any atom is 0.0159 e. The summed E-state index contributed by atoms with van der Waals surface area (Å²) in [5, 5.41) is 0.972. The van der Waals surface area contributed by atoms with E-state index in [0.717, 1.165) is 11.0 Å². The molecule has 0 aromatic rings. The van der Waals surface area contributed by atoms with E-state index in [2.05, 4.69) is 23.4 Å².